The van der Waals surface area contributed by atoms with E-state index in [9.17, 15) is 21.6 Å². The van der Waals surface area contributed by atoms with Gasteiger partial charge in [-0.3, -0.25) is 0 Å². The summed E-state index contributed by atoms with van der Waals surface area (Å²) in [6, 6.07) is 6.69. The Bertz CT molecular complexity index is 804. The van der Waals surface area contributed by atoms with Crippen molar-refractivity contribution in [2.45, 2.75) is 11.4 Å². The van der Waals surface area contributed by atoms with E-state index in [4.69, 9.17) is 4.74 Å². The van der Waals surface area contributed by atoms with Gasteiger partial charge in [-0.15, -0.1) is 0 Å². The fourth-order valence-electron chi connectivity index (χ4n) is 2.04. The second kappa shape index (κ2) is 6.59. The van der Waals surface area contributed by atoms with Crippen molar-refractivity contribution < 1.29 is 26.3 Å². The summed E-state index contributed by atoms with van der Waals surface area (Å²) >= 11 is 0. The first-order valence-electron chi connectivity index (χ1n) is 6.50. The minimum Gasteiger partial charge on any atom is -0.494 e. The highest BCUT2D eigenvalue weighted by atomic mass is 32.2. The highest BCUT2D eigenvalue weighted by Crippen LogP contribution is 2.24. The van der Waals surface area contributed by atoms with Gasteiger partial charge in [-0.05, 0) is 29.8 Å². The fraction of sp³-hybridized carbons (Fsp3) is 0.200. The summed E-state index contributed by atoms with van der Waals surface area (Å²) in [6.07, 6.45) is 0. The van der Waals surface area contributed by atoms with Gasteiger partial charge in [0.15, 0.2) is 16.5 Å². The zero-order valence-corrected chi connectivity index (χ0v) is 13.2. The predicted octanol–water partition coefficient (Wildman–Crippen LogP) is 2.93. The van der Waals surface area contributed by atoms with Crippen LogP contribution in [-0.4, -0.2) is 26.9 Å². The van der Waals surface area contributed by atoms with Crippen molar-refractivity contribution in [3.8, 4) is 5.75 Å². The van der Waals surface area contributed by atoms with Crippen LogP contribution in [0.15, 0.2) is 41.3 Å². The summed E-state index contributed by atoms with van der Waals surface area (Å²) in [5.41, 5.74) is 0.311. The number of sulfonamides is 1. The van der Waals surface area contributed by atoms with Crippen LogP contribution >= 0.6 is 0 Å². The molecule has 0 atom stereocenters. The van der Waals surface area contributed by atoms with Crippen molar-refractivity contribution >= 4 is 10.0 Å². The molecule has 4 nitrogen and oxygen atoms in total. The Morgan fingerprint density at radius 1 is 1.04 bits per heavy atom. The molecule has 8 heteroatoms. The Labute approximate surface area is 132 Å². The Morgan fingerprint density at radius 3 is 2.17 bits per heavy atom. The molecule has 0 unspecified atom stereocenters. The highest BCUT2D eigenvalue weighted by Gasteiger charge is 2.28. The first-order chi connectivity index (χ1) is 10.8. The van der Waals surface area contributed by atoms with Crippen LogP contribution in [0, 0.1) is 17.5 Å². The summed E-state index contributed by atoms with van der Waals surface area (Å²) in [6.45, 7) is -0.253. The molecule has 2 rings (SSSR count). The molecule has 0 saturated heterocycles. The minimum atomic E-state index is -4.40. The van der Waals surface area contributed by atoms with Crippen LogP contribution in [0.5, 0.6) is 5.75 Å². The molecule has 0 amide bonds. The number of methoxy groups -OCH3 is 1. The molecule has 0 aliphatic rings. The number of halogens is 3. The lowest BCUT2D eigenvalue weighted by atomic mass is 10.2. The standard InChI is InChI=1S/C15H14F3NO3S/c1-19(9-10-6-7-14(22-2)13(18)8-10)23(20,21)15-11(16)4-3-5-12(15)17/h3-8H,9H2,1-2H3. The van der Waals surface area contributed by atoms with Crippen LogP contribution in [0.2, 0.25) is 0 Å². The van der Waals surface area contributed by atoms with Gasteiger partial charge in [0.2, 0.25) is 10.0 Å². The number of hydrogen-bond acceptors (Lipinski definition) is 3. The topological polar surface area (TPSA) is 46.6 Å². The van der Waals surface area contributed by atoms with E-state index in [2.05, 4.69) is 0 Å². The molecular weight excluding hydrogens is 331 g/mol. The van der Waals surface area contributed by atoms with E-state index in [0.717, 1.165) is 35.6 Å². The van der Waals surface area contributed by atoms with E-state index in [1.165, 1.54) is 19.2 Å². The van der Waals surface area contributed by atoms with E-state index in [1.807, 2.05) is 0 Å². The summed E-state index contributed by atoms with van der Waals surface area (Å²) in [5, 5.41) is 0. The van der Waals surface area contributed by atoms with Gasteiger partial charge in [-0.1, -0.05) is 12.1 Å². The molecule has 0 heterocycles. The molecule has 2 aromatic carbocycles. The number of ether oxygens (including phenoxy) is 1. The van der Waals surface area contributed by atoms with Crippen LogP contribution in [0.4, 0.5) is 13.2 Å². The van der Waals surface area contributed by atoms with Crippen molar-refractivity contribution in [2.24, 2.45) is 0 Å². The predicted molar refractivity (Wildman–Crippen MR) is 78.0 cm³/mol. The molecule has 0 aromatic heterocycles. The van der Waals surface area contributed by atoms with Gasteiger partial charge in [0.1, 0.15) is 11.6 Å². The lowest BCUT2D eigenvalue weighted by molar-refractivity contribution is 0.385. The molecule has 0 N–H and O–H groups in total. The molecule has 0 aliphatic heterocycles. The van der Waals surface area contributed by atoms with Gasteiger partial charge in [0.05, 0.1) is 7.11 Å². The van der Waals surface area contributed by atoms with Crippen LogP contribution in [0.3, 0.4) is 0 Å². The molecule has 0 saturated carbocycles. The smallest absolute Gasteiger partial charge is 0.248 e. The monoisotopic (exact) mass is 345 g/mol. The second-order valence-electron chi connectivity index (χ2n) is 4.78. The lowest BCUT2D eigenvalue weighted by Gasteiger charge is -2.18. The molecule has 0 bridgehead atoms. The van der Waals surface area contributed by atoms with Crippen molar-refractivity contribution in [3.05, 3.63) is 59.4 Å². The molecule has 0 aliphatic carbocycles. The number of rotatable bonds is 5. The fourth-order valence-corrected chi connectivity index (χ4v) is 3.29. The third-order valence-electron chi connectivity index (χ3n) is 3.21. The maximum absolute atomic E-state index is 13.7. The summed E-state index contributed by atoms with van der Waals surface area (Å²) in [7, 11) is -1.94. The zero-order chi connectivity index (χ0) is 17.2. The van der Waals surface area contributed by atoms with Crippen LogP contribution in [-0.2, 0) is 16.6 Å². The summed E-state index contributed by atoms with van der Waals surface area (Å²) in [4.78, 5) is -1.03. The first kappa shape index (κ1) is 17.3. The summed E-state index contributed by atoms with van der Waals surface area (Å²) in [5.74, 6) is -3.01. The van der Waals surface area contributed by atoms with Gasteiger partial charge in [-0.2, -0.15) is 4.31 Å². The normalized spacial score (nSPS) is 11.7. The molecule has 23 heavy (non-hydrogen) atoms. The van der Waals surface area contributed by atoms with Crippen molar-refractivity contribution in [1.82, 2.24) is 4.31 Å². The van der Waals surface area contributed by atoms with Crippen molar-refractivity contribution in [1.29, 1.82) is 0 Å². The summed E-state index contributed by atoms with van der Waals surface area (Å²) < 4.78 is 71.1. The number of hydrogen-bond donors (Lipinski definition) is 0. The minimum absolute atomic E-state index is 0.0133. The molecular formula is C15H14F3NO3S. The average molecular weight is 345 g/mol. The lowest BCUT2D eigenvalue weighted by Crippen LogP contribution is -2.28. The van der Waals surface area contributed by atoms with E-state index in [1.54, 1.807) is 0 Å². The quantitative estimate of drug-likeness (QED) is 0.837. The van der Waals surface area contributed by atoms with E-state index >= 15 is 0 Å². The molecule has 0 spiro atoms. The number of benzene rings is 2. The molecule has 2 aromatic rings. The maximum atomic E-state index is 13.7. The van der Waals surface area contributed by atoms with Gasteiger partial charge in [0, 0.05) is 13.6 Å². The molecule has 124 valence electrons. The third-order valence-corrected chi connectivity index (χ3v) is 5.06. The Balaban J connectivity index is 2.33. The molecule has 0 fully saturated rings. The Kier molecular flexibility index (Phi) is 4.96. The largest absolute Gasteiger partial charge is 0.494 e. The Hall–Kier alpha value is -2.06. The van der Waals surface area contributed by atoms with E-state index in [0.29, 0.717) is 5.56 Å². The first-order valence-corrected chi connectivity index (χ1v) is 7.94. The van der Waals surface area contributed by atoms with Crippen LogP contribution in [0.25, 0.3) is 0 Å². The second-order valence-corrected chi connectivity index (χ2v) is 6.76. The van der Waals surface area contributed by atoms with Crippen LogP contribution in [0.1, 0.15) is 5.56 Å². The van der Waals surface area contributed by atoms with Gasteiger partial charge in [-0.25, -0.2) is 21.6 Å². The van der Waals surface area contributed by atoms with Gasteiger partial charge >= 0.3 is 0 Å². The maximum Gasteiger partial charge on any atom is 0.248 e. The van der Waals surface area contributed by atoms with Crippen molar-refractivity contribution in [2.75, 3.05) is 14.2 Å². The van der Waals surface area contributed by atoms with Gasteiger partial charge < -0.3 is 4.74 Å². The number of nitrogens with zero attached hydrogens (tertiary/aromatic N) is 1. The highest BCUT2D eigenvalue weighted by molar-refractivity contribution is 7.89. The third kappa shape index (κ3) is 3.48. The van der Waals surface area contributed by atoms with E-state index < -0.39 is 32.4 Å². The van der Waals surface area contributed by atoms with E-state index in [-0.39, 0.29) is 12.3 Å². The van der Waals surface area contributed by atoms with Crippen molar-refractivity contribution in [3.63, 3.8) is 0 Å². The SMILES string of the molecule is COc1ccc(CN(C)S(=O)(=O)c2c(F)cccc2F)cc1F. The van der Waals surface area contributed by atoms with Crippen LogP contribution < -0.4 is 4.74 Å². The zero-order valence-electron chi connectivity index (χ0n) is 12.4. The Morgan fingerprint density at radius 2 is 1.65 bits per heavy atom. The average Bonchev–Trinajstić information content (AvgIpc) is 2.47. The molecule has 0 radical (unpaired) electrons. The van der Waals surface area contributed by atoms with Gasteiger partial charge in [0.25, 0.3) is 0 Å².